The molecule has 0 saturated carbocycles. The van der Waals surface area contributed by atoms with Crippen molar-refractivity contribution in [2.45, 2.75) is 6.61 Å². The fraction of sp³-hybridized carbons (Fsp3) is 0.235. The van der Waals surface area contributed by atoms with Gasteiger partial charge in [0.2, 0.25) is 0 Å². The second kappa shape index (κ2) is 8.56. The highest BCUT2D eigenvalue weighted by atomic mass is 79.9. The Morgan fingerprint density at radius 2 is 1.88 bits per heavy atom. The van der Waals surface area contributed by atoms with Gasteiger partial charge in [-0.05, 0) is 57.9 Å². The van der Waals surface area contributed by atoms with Gasteiger partial charge in [-0.25, -0.2) is 0 Å². The summed E-state index contributed by atoms with van der Waals surface area (Å²) in [5.41, 5.74) is 1.32. The number of anilines is 1. The van der Waals surface area contributed by atoms with E-state index in [1.165, 1.54) is 7.11 Å². The Bertz CT molecular complexity index is 703. The number of hydrogen-bond donors (Lipinski definition) is 2. The third-order valence-electron chi connectivity index (χ3n) is 3.19. The van der Waals surface area contributed by atoms with Gasteiger partial charge in [-0.2, -0.15) is 0 Å². The van der Waals surface area contributed by atoms with Gasteiger partial charge in [-0.3, -0.25) is 4.79 Å². The van der Waals surface area contributed by atoms with Crippen LogP contribution in [0.1, 0.15) is 5.56 Å². The van der Waals surface area contributed by atoms with E-state index in [0.717, 1.165) is 0 Å². The van der Waals surface area contributed by atoms with Crippen LogP contribution in [0.5, 0.6) is 17.2 Å². The fourth-order valence-corrected chi connectivity index (χ4v) is 2.62. The molecule has 0 radical (unpaired) electrons. The molecule has 0 aromatic heterocycles. The minimum Gasteiger partial charge on any atom is -0.497 e. The summed E-state index contributed by atoms with van der Waals surface area (Å²) in [5, 5.41) is 11.9. The molecular formula is C17H18BrNO5. The zero-order valence-corrected chi connectivity index (χ0v) is 14.9. The molecule has 2 rings (SSSR count). The van der Waals surface area contributed by atoms with E-state index in [0.29, 0.717) is 33.0 Å². The molecule has 6 nitrogen and oxygen atoms in total. The molecule has 1 amide bonds. The Hall–Kier alpha value is -2.25. The number of hydrogen-bond acceptors (Lipinski definition) is 5. The van der Waals surface area contributed by atoms with E-state index in [1.807, 2.05) is 0 Å². The van der Waals surface area contributed by atoms with Gasteiger partial charge in [0.1, 0.15) is 5.75 Å². The standard InChI is InChI=1S/C17H18BrNO5/c1-22-13-5-3-12(4-6-13)19-16(21)10-24-17-14(18)7-11(9-20)8-15(17)23-2/h3-8,20H,9-10H2,1-2H3,(H,19,21). The van der Waals surface area contributed by atoms with Crippen molar-refractivity contribution in [1.82, 2.24) is 0 Å². The molecule has 2 aromatic rings. The van der Waals surface area contributed by atoms with Crippen molar-refractivity contribution < 1.29 is 24.1 Å². The third-order valence-corrected chi connectivity index (χ3v) is 3.78. The number of nitrogens with one attached hydrogen (secondary N) is 1. The average molecular weight is 396 g/mol. The Kier molecular flexibility index (Phi) is 6.45. The van der Waals surface area contributed by atoms with Gasteiger partial charge in [-0.15, -0.1) is 0 Å². The highest BCUT2D eigenvalue weighted by Gasteiger charge is 2.13. The number of carbonyl (C=O) groups is 1. The summed E-state index contributed by atoms with van der Waals surface area (Å²) in [4.78, 5) is 12.0. The number of halogens is 1. The van der Waals surface area contributed by atoms with Crippen LogP contribution in [0.2, 0.25) is 0 Å². The number of aliphatic hydroxyl groups excluding tert-OH is 1. The van der Waals surface area contributed by atoms with Crippen LogP contribution in [-0.2, 0) is 11.4 Å². The predicted molar refractivity (Wildman–Crippen MR) is 93.7 cm³/mol. The average Bonchev–Trinajstić information content (AvgIpc) is 2.60. The molecule has 2 aromatic carbocycles. The number of rotatable bonds is 7. The Labute approximate surface area is 148 Å². The van der Waals surface area contributed by atoms with E-state index in [2.05, 4.69) is 21.2 Å². The lowest BCUT2D eigenvalue weighted by atomic mass is 10.2. The van der Waals surface area contributed by atoms with Crippen LogP contribution in [0, 0.1) is 0 Å². The van der Waals surface area contributed by atoms with E-state index < -0.39 is 0 Å². The normalized spacial score (nSPS) is 10.2. The van der Waals surface area contributed by atoms with Crippen LogP contribution in [0.3, 0.4) is 0 Å². The van der Waals surface area contributed by atoms with Crippen LogP contribution in [0.15, 0.2) is 40.9 Å². The summed E-state index contributed by atoms with van der Waals surface area (Å²) < 4.78 is 16.4. The smallest absolute Gasteiger partial charge is 0.262 e. The maximum absolute atomic E-state index is 12.0. The van der Waals surface area contributed by atoms with Crippen LogP contribution in [0.4, 0.5) is 5.69 Å². The van der Waals surface area contributed by atoms with Crippen LogP contribution in [-0.4, -0.2) is 31.8 Å². The van der Waals surface area contributed by atoms with E-state index in [4.69, 9.17) is 14.2 Å². The van der Waals surface area contributed by atoms with E-state index >= 15 is 0 Å². The molecule has 0 aliphatic rings. The van der Waals surface area contributed by atoms with Crippen molar-refractivity contribution in [2.24, 2.45) is 0 Å². The molecular weight excluding hydrogens is 378 g/mol. The zero-order valence-electron chi connectivity index (χ0n) is 13.3. The van der Waals surface area contributed by atoms with Gasteiger partial charge < -0.3 is 24.6 Å². The molecule has 0 spiro atoms. The lowest BCUT2D eigenvalue weighted by molar-refractivity contribution is -0.118. The van der Waals surface area contributed by atoms with Crippen molar-refractivity contribution in [3.63, 3.8) is 0 Å². The number of amides is 1. The number of carbonyl (C=O) groups excluding carboxylic acids is 1. The highest BCUT2D eigenvalue weighted by molar-refractivity contribution is 9.10. The molecule has 0 heterocycles. The SMILES string of the molecule is COc1ccc(NC(=O)COc2c(Br)cc(CO)cc2OC)cc1. The summed E-state index contributed by atoms with van der Waals surface area (Å²) in [6.07, 6.45) is 0. The molecule has 0 fully saturated rings. The largest absolute Gasteiger partial charge is 0.497 e. The number of ether oxygens (including phenoxy) is 3. The monoisotopic (exact) mass is 395 g/mol. The second-order valence-electron chi connectivity index (χ2n) is 4.83. The maximum atomic E-state index is 12.0. The summed E-state index contributed by atoms with van der Waals surface area (Å²) in [6.45, 7) is -0.299. The summed E-state index contributed by atoms with van der Waals surface area (Å²) in [6, 6.07) is 10.3. The first-order valence-electron chi connectivity index (χ1n) is 7.11. The van der Waals surface area contributed by atoms with E-state index in [9.17, 15) is 9.90 Å². The van der Waals surface area contributed by atoms with Crippen molar-refractivity contribution in [3.8, 4) is 17.2 Å². The van der Waals surface area contributed by atoms with Crippen LogP contribution in [0.25, 0.3) is 0 Å². The molecule has 0 saturated heterocycles. The van der Waals surface area contributed by atoms with E-state index in [1.54, 1.807) is 43.5 Å². The molecule has 0 bridgehead atoms. The summed E-state index contributed by atoms with van der Waals surface area (Å²) in [7, 11) is 3.07. The van der Waals surface area contributed by atoms with Gasteiger partial charge in [0, 0.05) is 5.69 Å². The minimum absolute atomic E-state index is 0.118. The van der Waals surface area contributed by atoms with Gasteiger partial charge in [0.15, 0.2) is 18.1 Å². The molecule has 0 aliphatic heterocycles. The fourth-order valence-electron chi connectivity index (χ4n) is 2.01. The van der Waals surface area contributed by atoms with Crippen LogP contribution >= 0.6 is 15.9 Å². The lowest BCUT2D eigenvalue weighted by Crippen LogP contribution is -2.20. The maximum Gasteiger partial charge on any atom is 0.262 e. The predicted octanol–water partition coefficient (Wildman–Crippen LogP) is 2.98. The quantitative estimate of drug-likeness (QED) is 0.753. The first kappa shape index (κ1) is 18.1. The van der Waals surface area contributed by atoms with Gasteiger partial charge in [0.25, 0.3) is 5.91 Å². The van der Waals surface area contributed by atoms with Gasteiger partial charge in [0.05, 0.1) is 25.3 Å². The molecule has 24 heavy (non-hydrogen) atoms. The summed E-state index contributed by atoms with van der Waals surface area (Å²) in [5.74, 6) is 1.24. The lowest BCUT2D eigenvalue weighted by Gasteiger charge is -2.14. The second-order valence-corrected chi connectivity index (χ2v) is 5.69. The Morgan fingerprint density at radius 1 is 1.17 bits per heavy atom. The van der Waals surface area contributed by atoms with Crippen molar-refractivity contribution in [1.29, 1.82) is 0 Å². The van der Waals surface area contributed by atoms with E-state index in [-0.39, 0.29) is 19.1 Å². The number of aliphatic hydroxyl groups is 1. The Balaban J connectivity index is 2.00. The number of benzene rings is 2. The summed E-state index contributed by atoms with van der Waals surface area (Å²) >= 11 is 3.35. The molecule has 2 N–H and O–H groups in total. The number of methoxy groups -OCH3 is 2. The van der Waals surface area contributed by atoms with Crippen molar-refractivity contribution >= 4 is 27.5 Å². The van der Waals surface area contributed by atoms with Crippen LogP contribution < -0.4 is 19.5 Å². The molecule has 0 aliphatic carbocycles. The van der Waals surface area contributed by atoms with Gasteiger partial charge >= 0.3 is 0 Å². The molecule has 128 valence electrons. The highest BCUT2D eigenvalue weighted by Crippen LogP contribution is 2.36. The zero-order chi connectivity index (χ0) is 17.5. The first-order chi connectivity index (χ1) is 11.6. The minimum atomic E-state index is -0.305. The molecule has 0 atom stereocenters. The third kappa shape index (κ3) is 4.62. The topological polar surface area (TPSA) is 77.0 Å². The van der Waals surface area contributed by atoms with Gasteiger partial charge in [-0.1, -0.05) is 0 Å². The van der Waals surface area contributed by atoms with Crippen molar-refractivity contribution in [2.75, 3.05) is 26.1 Å². The first-order valence-corrected chi connectivity index (χ1v) is 7.90. The molecule has 0 unspecified atom stereocenters. The Morgan fingerprint density at radius 3 is 2.46 bits per heavy atom. The van der Waals surface area contributed by atoms with Crippen molar-refractivity contribution in [3.05, 3.63) is 46.4 Å². The molecule has 7 heteroatoms.